The van der Waals surface area contributed by atoms with E-state index in [9.17, 15) is 18.0 Å². The molecule has 7 heteroatoms. The number of Topliss-reactive ketones (excluding diaryl/α,β-unsaturated/α-hetero) is 1. The zero-order valence-electron chi connectivity index (χ0n) is 20.6. The van der Waals surface area contributed by atoms with Gasteiger partial charge in [-0.3, -0.25) is 9.79 Å². The number of aliphatic imine (C=N–C) groups is 1. The first-order valence-corrected chi connectivity index (χ1v) is 11.7. The Hall–Kier alpha value is -1.76. The number of aliphatic hydroxyl groups excluding tert-OH is 1. The molecule has 2 rings (SSSR count). The molecule has 0 radical (unpaired) electrons. The molecule has 4 nitrogen and oxygen atoms in total. The van der Waals surface area contributed by atoms with E-state index in [1.807, 2.05) is 13.8 Å². The third-order valence-corrected chi connectivity index (χ3v) is 5.27. The van der Waals surface area contributed by atoms with Crippen LogP contribution >= 0.6 is 0 Å². The van der Waals surface area contributed by atoms with Crippen molar-refractivity contribution in [2.75, 3.05) is 6.61 Å². The molecule has 0 saturated heterocycles. The molecular weight excluding hydrogens is 417 g/mol. The van der Waals surface area contributed by atoms with Gasteiger partial charge in [0.1, 0.15) is 11.5 Å². The number of alkyl halides is 3. The largest absolute Gasteiger partial charge is 0.433 e. The maximum Gasteiger partial charge on any atom is 0.433 e. The van der Waals surface area contributed by atoms with E-state index in [4.69, 9.17) is 5.11 Å². The third-order valence-electron chi connectivity index (χ3n) is 5.27. The van der Waals surface area contributed by atoms with Gasteiger partial charge in [0.15, 0.2) is 0 Å². The lowest BCUT2D eigenvalue weighted by atomic mass is 9.88. The molecule has 32 heavy (non-hydrogen) atoms. The first-order chi connectivity index (χ1) is 15.0. The Bertz CT molecular complexity index is 699. The molecule has 0 bridgehead atoms. The summed E-state index contributed by atoms with van der Waals surface area (Å²) in [4.78, 5) is 18.7. The van der Waals surface area contributed by atoms with Crippen molar-refractivity contribution in [1.29, 1.82) is 0 Å². The average molecular weight is 459 g/mol. The van der Waals surface area contributed by atoms with Crippen LogP contribution in [-0.4, -0.2) is 28.2 Å². The second kappa shape index (κ2) is 15.9. The number of aryl methyl sites for hydroxylation is 1. The molecule has 1 unspecified atom stereocenters. The lowest BCUT2D eigenvalue weighted by Gasteiger charge is -2.18. The summed E-state index contributed by atoms with van der Waals surface area (Å²) in [6, 6.07) is 2.35. The predicted molar refractivity (Wildman–Crippen MR) is 125 cm³/mol. The van der Waals surface area contributed by atoms with Crippen LogP contribution in [0.1, 0.15) is 97.4 Å². The zero-order valence-corrected chi connectivity index (χ0v) is 20.6. The highest BCUT2D eigenvalue weighted by Gasteiger charge is 2.32. The number of ketones is 1. The topological polar surface area (TPSA) is 62.5 Å². The number of halogens is 3. The van der Waals surface area contributed by atoms with E-state index in [0.29, 0.717) is 17.8 Å². The van der Waals surface area contributed by atoms with Crippen LogP contribution in [0, 0.1) is 18.8 Å². The van der Waals surface area contributed by atoms with E-state index >= 15 is 0 Å². The molecule has 1 aromatic rings. The Morgan fingerprint density at radius 2 is 1.81 bits per heavy atom. The summed E-state index contributed by atoms with van der Waals surface area (Å²) in [6.07, 6.45) is 4.49. The Kier molecular flexibility index (Phi) is 15.1. The van der Waals surface area contributed by atoms with Gasteiger partial charge in [-0.15, -0.1) is 0 Å². The Balaban J connectivity index is 0.000000564. The number of hydrogen-bond donors (Lipinski definition) is 1. The van der Waals surface area contributed by atoms with Crippen LogP contribution in [0.25, 0.3) is 0 Å². The second-order valence-electron chi connectivity index (χ2n) is 8.59. The van der Waals surface area contributed by atoms with Gasteiger partial charge in [0.25, 0.3) is 0 Å². The maximum atomic E-state index is 12.4. The van der Waals surface area contributed by atoms with Crippen molar-refractivity contribution < 1.29 is 23.1 Å². The van der Waals surface area contributed by atoms with Gasteiger partial charge in [-0.25, -0.2) is 4.98 Å². The molecular formula is C25H41F3N2O2. The molecule has 0 aliphatic heterocycles. The van der Waals surface area contributed by atoms with Gasteiger partial charge < -0.3 is 5.11 Å². The van der Waals surface area contributed by atoms with Crippen LogP contribution < -0.4 is 0 Å². The summed E-state index contributed by atoms with van der Waals surface area (Å²) in [5.74, 6) is 1.07. The van der Waals surface area contributed by atoms with Crippen LogP contribution in [-0.2, 0) is 11.0 Å². The Labute approximate surface area is 191 Å². The highest BCUT2D eigenvalue weighted by molar-refractivity contribution is 5.84. The fraction of sp³-hybridized carbons (Fsp3) is 0.720. The molecule has 0 aromatic carbocycles. The number of carbonyl (C=O) groups is 1. The summed E-state index contributed by atoms with van der Waals surface area (Å²) < 4.78 is 37.3. The molecule has 0 spiro atoms. The minimum absolute atomic E-state index is 0.0150. The molecule has 1 fully saturated rings. The number of aliphatic hydroxyl groups is 1. The predicted octanol–water partition coefficient (Wildman–Crippen LogP) is 7.48. The summed E-state index contributed by atoms with van der Waals surface area (Å²) in [6.45, 7) is 11.5. The van der Waals surface area contributed by atoms with Crippen LogP contribution in [0.3, 0.4) is 0 Å². The van der Waals surface area contributed by atoms with Crippen molar-refractivity contribution in [3.63, 3.8) is 0 Å². The normalized spacial score (nSPS) is 15.0. The first-order valence-electron chi connectivity index (χ1n) is 11.7. The standard InChI is InChI=1S/C13H17F3N2.C7H14O2.C5H10/c1-4-5-6-9(2)17-11-7-8-12(13(14,15)16)18-10(11)3;1-3-4-7(9)6(2)5-8;1-5-3-2-4-5/h7-8H,4-6H2,1-3H3;6,8H,3-5H2,1-2H3;5H,2-4H2,1H3. The summed E-state index contributed by atoms with van der Waals surface area (Å²) >= 11 is 0. The van der Waals surface area contributed by atoms with E-state index < -0.39 is 11.9 Å². The van der Waals surface area contributed by atoms with Gasteiger partial charge in [-0.05, 0) is 51.2 Å². The number of hydrogen-bond acceptors (Lipinski definition) is 4. The Morgan fingerprint density at radius 1 is 1.22 bits per heavy atom. The van der Waals surface area contributed by atoms with Gasteiger partial charge in [0, 0.05) is 18.1 Å². The smallest absolute Gasteiger partial charge is 0.396 e. The molecule has 1 atom stereocenters. The van der Waals surface area contributed by atoms with E-state index in [1.54, 1.807) is 13.8 Å². The van der Waals surface area contributed by atoms with Gasteiger partial charge in [0.2, 0.25) is 0 Å². The first kappa shape index (κ1) is 30.2. The van der Waals surface area contributed by atoms with E-state index in [0.717, 1.165) is 43.4 Å². The van der Waals surface area contributed by atoms with Crippen LogP contribution in [0.5, 0.6) is 0 Å². The fourth-order valence-electron chi connectivity index (χ4n) is 2.73. The van der Waals surface area contributed by atoms with Crippen molar-refractivity contribution >= 4 is 17.2 Å². The van der Waals surface area contributed by atoms with E-state index in [1.165, 1.54) is 25.3 Å². The number of nitrogens with zero attached hydrogens (tertiary/aromatic N) is 2. The number of rotatable bonds is 8. The monoisotopic (exact) mass is 458 g/mol. The average Bonchev–Trinajstić information content (AvgIpc) is 2.72. The number of carbonyl (C=O) groups excluding carboxylic acids is 1. The minimum Gasteiger partial charge on any atom is -0.396 e. The van der Waals surface area contributed by atoms with Crippen molar-refractivity contribution in [2.24, 2.45) is 16.8 Å². The highest BCUT2D eigenvalue weighted by Crippen LogP contribution is 2.30. The summed E-state index contributed by atoms with van der Waals surface area (Å²) in [7, 11) is 0. The fourth-order valence-corrected chi connectivity index (χ4v) is 2.73. The Morgan fingerprint density at radius 3 is 2.19 bits per heavy atom. The SMILES string of the molecule is CC1CCC1.CCCC(=O)C(C)CO.CCCCC(C)=Nc1ccc(C(F)(F)F)nc1C. The van der Waals surface area contributed by atoms with Crippen molar-refractivity contribution in [3.8, 4) is 0 Å². The van der Waals surface area contributed by atoms with Crippen molar-refractivity contribution in [2.45, 2.75) is 99.1 Å². The van der Waals surface area contributed by atoms with Crippen molar-refractivity contribution in [1.82, 2.24) is 4.98 Å². The number of aromatic nitrogens is 1. The quantitative estimate of drug-likeness (QED) is 0.411. The van der Waals surface area contributed by atoms with Crippen molar-refractivity contribution in [3.05, 3.63) is 23.5 Å². The molecule has 184 valence electrons. The lowest BCUT2D eigenvalue weighted by molar-refractivity contribution is -0.141. The molecule has 1 aliphatic rings. The highest BCUT2D eigenvalue weighted by atomic mass is 19.4. The van der Waals surface area contributed by atoms with E-state index in [2.05, 4.69) is 23.8 Å². The molecule has 1 N–H and O–H groups in total. The van der Waals surface area contributed by atoms with Crippen LogP contribution in [0.4, 0.5) is 18.9 Å². The zero-order chi connectivity index (χ0) is 24.7. The second-order valence-corrected chi connectivity index (χ2v) is 8.59. The van der Waals surface area contributed by atoms with Gasteiger partial charge in [-0.2, -0.15) is 13.2 Å². The van der Waals surface area contributed by atoms with Gasteiger partial charge in [-0.1, -0.05) is 53.4 Å². The summed E-state index contributed by atoms with van der Waals surface area (Å²) in [5.41, 5.74) is 0.865. The molecule has 1 saturated carbocycles. The molecule has 1 heterocycles. The van der Waals surface area contributed by atoms with Crippen LogP contribution in [0.15, 0.2) is 17.1 Å². The summed E-state index contributed by atoms with van der Waals surface area (Å²) in [5, 5.41) is 8.51. The molecule has 1 aromatic heterocycles. The van der Waals surface area contributed by atoms with E-state index in [-0.39, 0.29) is 18.3 Å². The lowest BCUT2D eigenvalue weighted by Crippen LogP contribution is -2.13. The molecule has 1 aliphatic carbocycles. The third kappa shape index (κ3) is 12.9. The molecule has 0 amide bonds. The van der Waals surface area contributed by atoms with Gasteiger partial charge in [0.05, 0.1) is 18.0 Å². The minimum atomic E-state index is -4.40. The van der Waals surface area contributed by atoms with Gasteiger partial charge >= 0.3 is 6.18 Å². The maximum absolute atomic E-state index is 12.4. The number of unbranched alkanes of at least 4 members (excludes halogenated alkanes) is 1. The van der Waals surface area contributed by atoms with Crippen LogP contribution in [0.2, 0.25) is 0 Å². The number of pyridine rings is 1.